The first-order valence-corrected chi connectivity index (χ1v) is 6.09. The molecule has 0 aliphatic heterocycles. The Bertz CT molecular complexity index is 539. The van der Waals surface area contributed by atoms with E-state index in [4.69, 9.17) is 15.0 Å². The van der Waals surface area contributed by atoms with Crippen molar-refractivity contribution in [1.82, 2.24) is 0 Å². The molecule has 2 aromatic rings. The first-order valence-electron chi connectivity index (χ1n) is 5.06. The maximum Gasteiger partial charge on any atom is 0.357 e. The van der Waals surface area contributed by atoms with Gasteiger partial charge in [-0.2, -0.15) is 4.21 Å². The van der Waals surface area contributed by atoms with E-state index in [-0.39, 0.29) is 0 Å². The molecule has 2 aromatic carbocycles. The van der Waals surface area contributed by atoms with Crippen LogP contribution in [0.15, 0.2) is 48.5 Å². The predicted molar refractivity (Wildman–Crippen MR) is 68.8 cm³/mol. The van der Waals surface area contributed by atoms with Gasteiger partial charge >= 0.3 is 11.4 Å². The highest BCUT2D eigenvalue weighted by Gasteiger charge is 2.00. The van der Waals surface area contributed by atoms with Gasteiger partial charge in [-0.05, 0) is 48.5 Å². The van der Waals surface area contributed by atoms with E-state index in [1.54, 1.807) is 48.5 Å². The standard InChI is InChI=1S/C12H11NO4S/c13-9-1-3-10(4-2-9)16-11-5-7-12(8-6-11)17-18(14)15/h1-8H,13H2,(H,14,15). The summed E-state index contributed by atoms with van der Waals surface area (Å²) in [6, 6.07) is 13.3. The molecule has 0 aromatic heterocycles. The lowest BCUT2D eigenvalue weighted by Gasteiger charge is -2.06. The normalized spacial score (nSPS) is 11.8. The predicted octanol–water partition coefficient (Wildman–Crippen LogP) is 2.58. The zero-order chi connectivity index (χ0) is 13.0. The molecule has 0 fully saturated rings. The molecule has 94 valence electrons. The van der Waals surface area contributed by atoms with Crippen LogP contribution in [0.2, 0.25) is 0 Å². The Kier molecular flexibility index (Phi) is 3.81. The fourth-order valence-corrected chi connectivity index (χ4v) is 1.59. The molecule has 0 saturated heterocycles. The summed E-state index contributed by atoms with van der Waals surface area (Å²) in [5.74, 6) is 1.54. The zero-order valence-electron chi connectivity index (χ0n) is 9.28. The van der Waals surface area contributed by atoms with Gasteiger partial charge in [0.25, 0.3) is 0 Å². The minimum atomic E-state index is -2.32. The van der Waals surface area contributed by atoms with E-state index in [0.29, 0.717) is 22.9 Å². The summed E-state index contributed by atoms with van der Waals surface area (Å²) in [4.78, 5) is 0. The van der Waals surface area contributed by atoms with Crippen LogP contribution in [0.25, 0.3) is 0 Å². The number of hydrogen-bond acceptors (Lipinski definition) is 4. The molecule has 0 saturated carbocycles. The molecule has 0 amide bonds. The van der Waals surface area contributed by atoms with E-state index in [1.165, 1.54) is 0 Å². The van der Waals surface area contributed by atoms with E-state index >= 15 is 0 Å². The summed E-state index contributed by atoms with van der Waals surface area (Å²) in [5.41, 5.74) is 6.23. The fraction of sp³-hybridized carbons (Fsp3) is 0. The van der Waals surface area contributed by atoms with Gasteiger partial charge in [-0.25, -0.2) is 0 Å². The second kappa shape index (κ2) is 5.52. The SMILES string of the molecule is Nc1ccc(Oc2ccc(OS(=O)O)cc2)cc1. The van der Waals surface area contributed by atoms with Gasteiger partial charge in [0.1, 0.15) is 17.2 Å². The molecular weight excluding hydrogens is 254 g/mol. The lowest BCUT2D eigenvalue weighted by molar-refractivity contribution is 0.455. The van der Waals surface area contributed by atoms with Gasteiger partial charge < -0.3 is 14.7 Å². The lowest BCUT2D eigenvalue weighted by atomic mass is 10.3. The molecule has 0 heterocycles. The van der Waals surface area contributed by atoms with Gasteiger partial charge in [0, 0.05) is 5.69 Å². The summed E-state index contributed by atoms with van der Waals surface area (Å²) < 4.78 is 29.1. The van der Waals surface area contributed by atoms with Crippen LogP contribution in [0.4, 0.5) is 5.69 Å². The van der Waals surface area contributed by atoms with Crippen LogP contribution < -0.4 is 14.7 Å². The van der Waals surface area contributed by atoms with Crippen molar-refractivity contribution in [3.63, 3.8) is 0 Å². The smallest absolute Gasteiger partial charge is 0.357 e. The summed E-state index contributed by atoms with van der Waals surface area (Å²) in [5, 5.41) is 0. The maximum absolute atomic E-state index is 10.4. The zero-order valence-corrected chi connectivity index (χ0v) is 10.1. The van der Waals surface area contributed by atoms with Crippen LogP contribution in [-0.4, -0.2) is 8.76 Å². The van der Waals surface area contributed by atoms with Gasteiger partial charge in [0.15, 0.2) is 0 Å². The van der Waals surface area contributed by atoms with Crippen LogP contribution in [0.5, 0.6) is 17.2 Å². The van der Waals surface area contributed by atoms with E-state index in [1.807, 2.05) is 0 Å². The second-order valence-electron chi connectivity index (χ2n) is 3.44. The fourth-order valence-electron chi connectivity index (χ4n) is 1.32. The minimum absolute atomic E-state index is 0.292. The Morgan fingerprint density at radius 2 is 1.33 bits per heavy atom. The molecular formula is C12H11NO4S. The topological polar surface area (TPSA) is 81.8 Å². The lowest BCUT2D eigenvalue weighted by Crippen LogP contribution is -1.96. The largest absolute Gasteiger partial charge is 0.457 e. The molecule has 1 unspecified atom stereocenters. The molecule has 3 N–H and O–H groups in total. The first-order chi connectivity index (χ1) is 8.63. The Morgan fingerprint density at radius 3 is 1.83 bits per heavy atom. The van der Waals surface area contributed by atoms with Gasteiger partial charge in [-0.1, -0.05) is 0 Å². The van der Waals surface area contributed by atoms with Crippen molar-refractivity contribution in [3.05, 3.63) is 48.5 Å². The Balaban J connectivity index is 2.06. The second-order valence-corrected chi connectivity index (χ2v) is 4.04. The van der Waals surface area contributed by atoms with Crippen molar-refractivity contribution >= 4 is 17.0 Å². The molecule has 0 aliphatic carbocycles. The van der Waals surface area contributed by atoms with E-state index in [0.717, 1.165) is 0 Å². The number of nitrogens with two attached hydrogens (primary N) is 1. The first kappa shape index (κ1) is 12.4. The monoisotopic (exact) mass is 265 g/mol. The number of benzene rings is 2. The van der Waals surface area contributed by atoms with Crippen molar-refractivity contribution < 1.29 is 17.7 Å². The summed E-state index contributed by atoms with van der Waals surface area (Å²) >= 11 is -2.32. The molecule has 0 aliphatic rings. The van der Waals surface area contributed by atoms with E-state index < -0.39 is 11.4 Å². The number of ether oxygens (including phenoxy) is 1. The van der Waals surface area contributed by atoms with Gasteiger partial charge in [-0.3, -0.25) is 4.55 Å². The van der Waals surface area contributed by atoms with Crippen molar-refractivity contribution in [1.29, 1.82) is 0 Å². The molecule has 0 radical (unpaired) electrons. The highest BCUT2D eigenvalue weighted by molar-refractivity contribution is 7.74. The maximum atomic E-state index is 10.4. The number of nitrogen functional groups attached to an aromatic ring is 1. The number of hydrogen-bond donors (Lipinski definition) is 2. The van der Waals surface area contributed by atoms with E-state index in [9.17, 15) is 4.21 Å². The Morgan fingerprint density at radius 1 is 0.889 bits per heavy atom. The Hall–Kier alpha value is -2.05. The highest BCUT2D eigenvalue weighted by atomic mass is 32.2. The van der Waals surface area contributed by atoms with Crippen molar-refractivity contribution in [2.45, 2.75) is 0 Å². The van der Waals surface area contributed by atoms with Gasteiger partial charge in [-0.15, -0.1) is 0 Å². The molecule has 0 bridgehead atoms. The van der Waals surface area contributed by atoms with Crippen LogP contribution in [0.1, 0.15) is 0 Å². The van der Waals surface area contributed by atoms with Crippen LogP contribution >= 0.6 is 0 Å². The molecule has 2 rings (SSSR count). The molecule has 6 heteroatoms. The van der Waals surface area contributed by atoms with Crippen LogP contribution in [-0.2, 0) is 11.4 Å². The van der Waals surface area contributed by atoms with Crippen LogP contribution in [0, 0.1) is 0 Å². The van der Waals surface area contributed by atoms with Crippen molar-refractivity contribution in [3.8, 4) is 17.2 Å². The third-order valence-corrected chi connectivity index (χ3v) is 2.44. The van der Waals surface area contributed by atoms with E-state index in [2.05, 4.69) is 4.18 Å². The van der Waals surface area contributed by atoms with Crippen molar-refractivity contribution in [2.75, 3.05) is 5.73 Å². The number of anilines is 1. The highest BCUT2D eigenvalue weighted by Crippen LogP contribution is 2.24. The third-order valence-electron chi connectivity index (χ3n) is 2.11. The summed E-state index contributed by atoms with van der Waals surface area (Å²) in [7, 11) is 0. The Labute approximate surface area is 107 Å². The number of rotatable bonds is 4. The van der Waals surface area contributed by atoms with Gasteiger partial charge in [0.2, 0.25) is 0 Å². The molecule has 0 spiro atoms. The average molecular weight is 265 g/mol. The molecule has 5 nitrogen and oxygen atoms in total. The quantitative estimate of drug-likeness (QED) is 0.656. The van der Waals surface area contributed by atoms with Crippen molar-refractivity contribution in [2.24, 2.45) is 0 Å². The third kappa shape index (κ3) is 3.47. The molecule has 18 heavy (non-hydrogen) atoms. The summed E-state index contributed by atoms with van der Waals surface area (Å²) in [6.07, 6.45) is 0. The van der Waals surface area contributed by atoms with Crippen LogP contribution in [0.3, 0.4) is 0 Å². The average Bonchev–Trinajstić information content (AvgIpc) is 2.34. The summed E-state index contributed by atoms with van der Waals surface area (Å²) in [6.45, 7) is 0. The van der Waals surface area contributed by atoms with Gasteiger partial charge in [0.05, 0.1) is 0 Å². The minimum Gasteiger partial charge on any atom is -0.457 e. The molecule has 1 atom stereocenters.